The van der Waals surface area contributed by atoms with Crippen LogP contribution in [0.4, 0.5) is 15.9 Å². The molecule has 1 unspecified atom stereocenters. The van der Waals surface area contributed by atoms with Crippen LogP contribution >= 0.6 is 37.2 Å². The fourth-order valence-corrected chi connectivity index (χ4v) is 6.22. The van der Waals surface area contributed by atoms with Gasteiger partial charge in [-0.15, -0.1) is 37.2 Å². The summed E-state index contributed by atoms with van der Waals surface area (Å²) in [7, 11) is -4.08. The van der Waals surface area contributed by atoms with Gasteiger partial charge in [-0.3, -0.25) is 9.62 Å². The molecule has 2 aromatic carbocycles. The first kappa shape index (κ1) is 35.7. The van der Waals surface area contributed by atoms with Gasteiger partial charge in [0, 0.05) is 43.3 Å². The van der Waals surface area contributed by atoms with Crippen molar-refractivity contribution in [3.05, 3.63) is 59.4 Å². The maximum Gasteiger partial charge on any atom is 0.336 e. The van der Waals surface area contributed by atoms with E-state index in [0.717, 1.165) is 38.7 Å². The summed E-state index contributed by atoms with van der Waals surface area (Å²) in [6, 6.07) is 10.2. The highest BCUT2D eigenvalue weighted by molar-refractivity contribution is 7.92. The van der Waals surface area contributed by atoms with Gasteiger partial charge in [0.2, 0.25) is 0 Å². The predicted octanol–water partition coefficient (Wildman–Crippen LogP) is 6.00. The van der Waals surface area contributed by atoms with E-state index in [4.69, 9.17) is 4.98 Å². The van der Waals surface area contributed by atoms with Crippen molar-refractivity contribution < 1.29 is 22.7 Å². The number of piperazine rings is 1. The van der Waals surface area contributed by atoms with Crippen molar-refractivity contribution in [3.63, 3.8) is 0 Å². The number of hydrogen-bond donors (Lipinski definition) is 2. The van der Waals surface area contributed by atoms with Gasteiger partial charge in [0.05, 0.1) is 16.0 Å². The molecule has 13 heteroatoms. The molecular formula is C27H36Cl3FN4O4S. The van der Waals surface area contributed by atoms with Gasteiger partial charge >= 0.3 is 5.97 Å². The summed E-state index contributed by atoms with van der Waals surface area (Å²) < 4.78 is 41.9. The van der Waals surface area contributed by atoms with Gasteiger partial charge in [0.1, 0.15) is 11.6 Å². The number of hydrogen-bond acceptors (Lipinski definition) is 6. The van der Waals surface area contributed by atoms with Gasteiger partial charge in [-0.1, -0.05) is 19.9 Å². The SMILES string of the molecule is Cc1ccc(F)cc1S(=O)(=O)Nc1ccc2nc(N3CCN(C(C)CC(C)C)CC3)cc(C(=O)O)c2c1.Cl.Cl.Cl. The summed E-state index contributed by atoms with van der Waals surface area (Å²) in [4.78, 5) is 21.2. The standard InChI is InChI=1S/C27H33FN4O4S.3ClH/c1-17(2)13-19(4)31-9-11-32(12-10-31)26-16-23(27(33)34)22-15-21(7-8-24(22)29-26)30-37(35,36)25-14-20(28)6-5-18(25)3;;;/h5-8,14-17,19,30H,9-13H2,1-4H3,(H,33,34);3*1H. The van der Waals surface area contributed by atoms with Crippen molar-refractivity contribution in [2.45, 2.75) is 45.1 Å². The van der Waals surface area contributed by atoms with Gasteiger partial charge in [0.25, 0.3) is 10.0 Å². The molecule has 3 aromatic rings. The molecule has 4 rings (SSSR count). The molecule has 0 aliphatic carbocycles. The summed E-state index contributed by atoms with van der Waals surface area (Å²) >= 11 is 0. The summed E-state index contributed by atoms with van der Waals surface area (Å²) in [5.74, 6) is -0.575. The Morgan fingerprint density at radius 3 is 2.27 bits per heavy atom. The van der Waals surface area contributed by atoms with Crippen molar-refractivity contribution >= 4 is 75.6 Å². The number of aromatic carboxylic acids is 1. The van der Waals surface area contributed by atoms with Crippen molar-refractivity contribution in [3.8, 4) is 0 Å². The first-order chi connectivity index (χ1) is 17.4. The summed E-state index contributed by atoms with van der Waals surface area (Å²) in [5, 5.41) is 10.3. The smallest absolute Gasteiger partial charge is 0.336 e. The number of carbonyl (C=O) groups is 1. The number of nitrogens with zero attached hydrogens (tertiary/aromatic N) is 3. The van der Waals surface area contributed by atoms with E-state index in [1.807, 2.05) is 0 Å². The number of anilines is 2. The number of rotatable bonds is 8. The van der Waals surface area contributed by atoms with Crippen molar-refractivity contribution in [1.29, 1.82) is 0 Å². The molecule has 1 atom stereocenters. The molecule has 8 nitrogen and oxygen atoms in total. The Kier molecular flexibility index (Phi) is 12.9. The number of aryl methyl sites for hydroxylation is 1. The van der Waals surface area contributed by atoms with Crippen molar-refractivity contribution in [2.24, 2.45) is 5.92 Å². The zero-order valence-electron chi connectivity index (χ0n) is 22.8. The highest BCUT2D eigenvalue weighted by atomic mass is 35.5. The number of carboxylic acids is 1. The first-order valence-corrected chi connectivity index (χ1v) is 13.9. The van der Waals surface area contributed by atoms with Crippen molar-refractivity contribution in [1.82, 2.24) is 9.88 Å². The fraction of sp³-hybridized carbons (Fsp3) is 0.407. The molecule has 222 valence electrons. The second-order valence-electron chi connectivity index (χ2n) is 10.1. The fourth-order valence-electron chi connectivity index (χ4n) is 4.91. The highest BCUT2D eigenvalue weighted by Gasteiger charge is 2.24. The number of sulfonamides is 1. The number of halogens is 4. The molecule has 0 radical (unpaired) electrons. The molecule has 0 bridgehead atoms. The van der Waals surface area contributed by atoms with Crippen molar-refractivity contribution in [2.75, 3.05) is 35.8 Å². The number of carboxylic acid groups (broad SMARTS) is 1. The van der Waals surface area contributed by atoms with E-state index < -0.39 is 21.8 Å². The summed E-state index contributed by atoms with van der Waals surface area (Å²) in [6.45, 7) is 11.5. The number of pyridine rings is 1. The monoisotopic (exact) mass is 636 g/mol. The second-order valence-corrected chi connectivity index (χ2v) is 11.7. The Labute approximate surface area is 253 Å². The van der Waals surface area contributed by atoms with E-state index in [1.165, 1.54) is 24.3 Å². The molecule has 1 aromatic heterocycles. The summed E-state index contributed by atoms with van der Waals surface area (Å²) in [5.41, 5.74) is 1.06. The number of fused-ring (bicyclic) bond motifs is 1. The van der Waals surface area contributed by atoms with Gasteiger partial charge in [-0.05, 0) is 68.1 Å². The zero-order chi connectivity index (χ0) is 26.9. The minimum atomic E-state index is -4.08. The van der Waals surface area contributed by atoms with E-state index >= 15 is 0 Å². The number of nitrogens with one attached hydrogen (secondary N) is 1. The predicted molar refractivity (Wildman–Crippen MR) is 165 cm³/mol. The van der Waals surface area contributed by atoms with Crippen LogP contribution in [-0.2, 0) is 10.0 Å². The van der Waals surface area contributed by atoms with Crippen LogP contribution in [0.2, 0.25) is 0 Å². The van der Waals surface area contributed by atoms with E-state index in [0.29, 0.717) is 34.2 Å². The van der Waals surface area contributed by atoms with Gasteiger partial charge in [0.15, 0.2) is 0 Å². The lowest BCUT2D eigenvalue weighted by molar-refractivity contribution is 0.0699. The molecule has 1 aliphatic rings. The molecule has 0 spiro atoms. The largest absolute Gasteiger partial charge is 0.478 e. The molecule has 2 N–H and O–H groups in total. The van der Waals surface area contributed by atoms with Crippen LogP contribution in [0.25, 0.3) is 10.9 Å². The van der Waals surface area contributed by atoms with E-state index in [9.17, 15) is 22.7 Å². The maximum atomic E-state index is 13.7. The minimum absolute atomic E-state index is 0. The Hall–Kier alpha value is -2.37. The lowest BCUT2D eigenvalue weighted by Gasteiger charge is -2.39. The molecule has 0 saturated carbocycles. The lowest BCUT2D eigenvalue weighted by Crippen LogP contribution is -2.50. The molecule has 1 saturated heterocycles. The van der Waals surface area contributed by atoms with E-state index in [-0.39, 0.29) is 53.4 Å². The van der Waals surface area contributed by atoms with Crippen LogP contribution in [0.1, 0.15) is 43.1 Å². The molecule has 1 aliphatic heterocycles. The minimum Gasteiger partial charge on any atom is -0.478 e. The maximum absolute atomic E-state index is 13.7. The van der Waals surface area contributed by atoms with Crippen LogP contribution in [0.15, 0.2) is 47.4 Å². The third-order valence-electron chi connectivity index (χ3n) is 6.79. The van der Waals surface area contributed by atoms with E-state index in [1.54, 1.807) is 19.1 Å². The van der Waals surface area contributed by atoms with Gasteiger partial charge < -0.3 is 10.0 Å². The Morgan fingerprint density at radius 1 is 1.02 bits per heavy atom. The number of benzene rings is 2. The second kappa shape index (κ2) is 14.5. The molecule has 2 heterocycles. The number of aromatic nitrogens is 1. The van der Waals surface area contributed by atoms with E-state index in [2.05, 4.69) is 35.3 Å². The average molecular weight is 638 g/mol. The highest BCUT2D eigenvalue weighted by Crippen LogP contribution is 2.29. The molecule has 1 fully saturated rings. The normalized spacial score (nSPS) is 14.6. The third kappa shape index (κ3) is 8.10. The lowest BCUT2D eigenvalue weighted by atomic mass is 10.0. The molecule has 0 amide bonds. The average Bonchev–Trinajstić information content (AvgIpc) is 2.84. The van der Waals surface area contributed by atoms with Gasteiger partial charge in [-0.25, -0.2) is 22.6 Å². The van der Waals surface area contributed by atoms with Crippen LogP contribution in [0, 0.1) is 18.7 Å². The molecule has 40 heavy (non-hydrogen) atoms. The van der Waals surface area contributed by atoms with Crippen LogP contribution < -0.4 is 9.62 Å². The third-order valence-corrected chi connectivity index (χ3v) is 8.31. The Balaban J connectivity index is 0.00000267. The zero-order valence-corrected chi connectivity index (χ0v) is 26.0. The Bertz CT molecular complexity index is 1430. The van der Waals surface area contributed by atoms with Gasteiger partial charge in [-0.2, -0.15) is 0 Å². The molecular weight excluding hydrogens is 602 g/mol. The Morgan fingerprint density at radius 2 is 1.68 bits per heavy atom. The van der Waals surface area contributed by atoms with Crippen LogP contribution in [-0.4, -0.2) is 61.6 Å². The first-order valence-electron chi connectivity index (χ1n) is 12.4. The quantitative estimate of drug-likeness (QED) is 0.312. The van der Waals surface area contributed by atoms with Crippen LogP contribution in [0.3, 0.4) is 0 Å². The topological polar surface area (TPSA) is 103 Å². The van der Waals surface area contributed by atoms with Crippen LogP contribution in [0.5, 0.6) is 0 Å². The summed E-state index contributed by atoms with van der Waals surface area (Å²) in [6.07, 6.45) is 1.13.